The summed E-state index contributed by atoms with van der Waals surface area (Å²) in [6.45, 7) is 6.32. The van der Waals surface area contributed by atoms with E-state index in [9.17, 15) is 19.2 Å². The Bertz CT molecular complexity index is 1290. The summed E-state index contributed by atoms with van der Waals surface area (Å²) < 4.78 is 16.3. The molecule has 10 heteroatoms. The molecule has 0 saturated heterocycles. The summed E-state index contributed by atoms with van der Waals surface area (Å²) in [7, 11) is 0. The van der Waals surface area contributed by atoms with Gasteiger partial charge < -0.3 is 19.5 Å². The molecule has 9 nitrogen and oxygen atoms in total. The number of aromatic nitrogens is 1. The number of aldehydes is 1. The fourth-order valence-corrected chi connectivity index (χ4v) is 5.24. The van der Waals surface area contributed by atoms with E-state index in [2.05, 4.69) is 10.3 Å². The quantitative estimate of drug-likeness (QED) is 0.165. The average molecular weight is 581 g/mol. The van der Waals surface area contributed by atoms with Gasteiger partial charge >= 0.3 is 18.0 Å². The summed E-state index contributed by atoms with van der Waals surface area (Å²) >= 11 is 1.16. The Hall–Kier alpha value is -4.05. The Morgan fingerprint density at radius 1 is 0.976 bits per heavy atom. The standard InChI is InChI=1S/C31H36N2O7S/c1-21(35)39-26(25(18-23-13-9-6-10-14-23)33-30(37)40-31(2,3)4)19-24(17-22-11-7-5-8-12-22)28-32-20-27(41-28)29(36)38-16-15-34/h5-15,20,24-26H,16-19H2,1-4H3,(H,33,37)/t24-,25+,26+/m1/s1. The maximum Gasteiger partial charge on any atom is 0.408 e. The number of alkyl carbamates (subject to hydrolysis) is 1. The molecule has 1 heterocycles. The van der Waals surface area contributed by atoms with Crippen LogP contribution in [0.15, 0.2) is 66.9 Å². The highest BCUT2D eigenvalue weighted by molar-refractivity contribution is 7.13. The smallest absolute Gasteiger partial charge is 0.408 e. The van der Waals surface area contributed by atoms with Gasteiger partial charge in [-0.3, -0.25) is 9.59 Å². The molecule has 0 unspecified atom stereocenters. The molecule has 3 atom stereocenters. The molecule has 0 spiro atoms. The third-order valence-electron chi connectivity index (χ3n) is 5.96. The zero-order chi connectivity index (χ0) is 29.8. The highest BCUT2D eigenvalue weighted by Crippen LogP contribution is 2.32. The minimum atomic E-state index is -0.747. The van der Waals surface area contributed by atoms with Gasteiger partial charge in [-0.2, -0.15) is 0 Å². The lowest BCUT2D eigenvalue weighted by atomic mass is 9.89. The van der Waals surface area contributed by atoms with E-state index in [1.807, 2.05) is 60.7 Å². The molecule has 3 aromatic rings. The summed E-state index contributed by atoms with van der Waals surface area (Å²) in [4.78, 5) is 53.0. The van der Waals surface area contributed by atoms with Crippen LogP contribution >= 0.6 is 11.3 Å². The highest BCUT2D eigenvalue weighted by Gasteiger charge is 2.32. The maximum atomic E-state index is 12.9. The third kappa shape index (κ3) is 10.8. The number of ether oxygens (including phenoxy) is 3. The number of carbonyl (C=O) groups is 4. The fourth-order valence-electron chi connectivity index (χ4n) is 4.31. The summed E-state index contributed by atoms with van der Waals surface area (Å²) in [5.74, 6) is -1.41. The van der Waals surface area contributed by atoms with Gasteiger partial charge in [0, 0.05) is 12.8 Å². The van der Waals surface area contributed by atoms with Crippen LogP contribution in [0, 0.1) is 0 Å². The molecule has 0 fully saturated rings. The Balaban J connectivity index is 1.96. The van der Waals surface area contributed by atoms with Crippen molar-refractivity contribution in [2.24, 2.45) is 0 Å². The SMILES string of the molecule is CC(=O)O[C@@H](C[C@@H](Cc1ccccc1)c1ncc(C(=O)OCC=O)s1)[C@H](Cc1ccccc1)NC(=O)OC(C)(C)C. The summed E-state index contributed by atoms with van der Waals surface area (Å²) in [6, 6.07) is 18.7. The second kappa shape index (κ2) is 15.1. The lowest BCUT2D eigenvalue weighted by Gasteiger charge is -2.31. The van der Waals surface area contributed by atoms with E-state index in [0.29, 0.717) is 30.6 Å². The molecule has 0 radical (unpaired) electrons. The van der Waals surface area contributed by atoms with Crippen LogP contribution < -0.4 is 5.32 Å². The molecule has 1 N–H and O–H groups in total. The number of benzene rings is 2. The first-order valence-corrected chi connectivity index (χ1v) is 14.2. The van der Waals surface area contributed by atoms with Gasteiger partial charge in [-0.05, 0) is 51.2 Å². The zero-order valence-corrected chi connectivity index (χ0v) is 24.5. The molecule has 0 bridgehead atoms. The number of rotatable bonds is 13. The van der Waals surface area contributed by atoms with E-state index >= 15 is 0 Å². The van der Waals surface area contributed by atoms with Crippen molar-refractivity contribution in [3.8, 4) is 0 Å². The van der Waals surface area contributed by atoms with E-state index in [1.165, 1.54) is 13.1 Å². The molecule has 0 saturated carbocycles. The monoisotopic (exact) mass is 580 g/mol. The van der Waals surface area contributed by atoms with Gasteiger partial charge in [0.2, 0.25) is 0 Å². The molecule has 1 amide bonds. The van der Waals surface area contributed by atoms with Crippen molar-refractivity contribution < 1.29 is 33.4 Å². The van der Waals surface area contributed by atoms with Crippen molar-refractivity contribution in [2.45, 2.75) is 70.6 Å². The first-order chi connectivity index (χ1) is 19.5. The molecular formula is C31H36N2O7S. The number of esters is 2. The Morgan fingerprint density at radius 2 is 1.59 bits per heavy atom. The van der Waals surface area contributed by atoms with E-state index in [-0.39, 0.29) is 17.4 Å². The van der Waals surface area contributed by atoms with E-state index < -0.39 is 35.8 Å². The average Bonchev–Trinajstić information content (AvgIpc) is 3.41. The van der Waals surface area contributed by atoms with Crippen LogP contribution in [0.5, 0.6) is 0 Å². The van der Waals surface area contributed by atoms with Crippen molar-refractivity contribution in [2.75, 3.05) is 6.61 Å². The molecule has 41 heavy (non-hydrogen) atoms. The van der Waals surface area contributed by atoms with Crippen LogP contribution in [0.4, 0.5) is 4.79 Å². The van der Waals surface area contributed by atoms with Crippen molar-refractivity contribution >= 4 is 35.7 Å². The molecule has 3 rings (SSSR count). The minimum Gasteiger partial charge on any atom is -0.460 e. The lowest BCUT2D eigenvalue weighted by Crippen LogP contribution is -2.48. The van der Waals surface area contributed by atoms with Crippen LogP contribution in [-0.2, 0) is 36.6 Å². The molecule has 0 aliphatic heterocycles. The van der Waals surface area contributed by atoms with Gasteiger partial charge in [0.15, 0.2) is 6.29 Å². The molecule has 0 aliphatic carbocycles. The number of amides is 1. The van der Waals surface area contributed by atoms with E-state index in [4.69, 9.17) is 14.2 Å². The number of hydrogen-bond donors (Lipinski definition) is 1. The predicted octanol–water partition coefficient (Wildman–Crippen LogP) is 5.28. The van der Waals surface area contributed by atoms with Gasteiger partial charge in [0.25, 0.3) is 0 Å². The Labute approximate surface area is 244 Å². The fraction of sp³-hybridized carbons (Fsp3) is 0.387. The number of nitrogens with one attached hydrogen (secondary N) is 1. The first kappa shape index (κ1) is 31.5. The van der Waals surface area contributed by atoms with Gasteiger partial charge in [-0.1, -0.05) is 60.7 Å². The van der Waals surface area contributed by atoms with Crippen LogP contribution in [-0.4, -0.2) is 53.7 Å². The van der Waals surface area contributed by atoms with Crippen LogP contribution in [0.2, 0.25) is 0 Å². The summed E-state index contributed by atoms with van der Waals surface area (Å²) in [5, 5.41) is 3.57. The number of carbonyl (C=O) groups excluding carboxylic acids is 4. The Morgan fingerprint density at radius 3 is 2.15 bits per heavy atom. The molecule has 0 aliphatic rings. The topological polar surface area (TPSA) is 121 Å². The van der Waals surface area contributed by atoms with Crippen LogP contribution in [0.1, 0.15) is 65.8 Å². The van der Waals surface area contributed by atoms with Gasteiger partial charge in [-0.25, -0.2) is 14.6 Å². The normalized spacial score (nSPS) is 13.4. The molecular weight excluding hydrogens is 544 g/mol. The second-order valence-corrected chi connectivity index (χ2v) is 11.6. The molecule has 2 aromatic carbocycles. The first-order valence-electron chi connectivity index (χ1n) is 13.3. The maximum absolute atomic E-state index is 12.9. The van der Waals surface area contributed by atoms with Gasteiger partial charge in [0.05, 0.1) is 17.2 Å². The predicted molar refractivity (Wildman–Crippen MR) is 155 cm³/mol. The second-order valence-electron chi connectivity index (χ2n) is 10.5. The summed E-state index contributed by atoms with van der Waals surface area (Å²) in [5.41, 5.74) is 1.25. The lowest BCUT2D eigenvalue weighted by molar-refractivity contribution is -0.148. The highest BCUT2D eigenvalue weighted by atomic mass is 32.1. The largest absolute Gasteiger partial charge is 0.460 e. The molecule has 218 valence electrons. The van der Waals surface area contributed by atoms with Crippen molar-refractivity contribution in [1.82, 2.24) is 10.3 Å². The number of nitrogens with zero attached hydrogens (tertiary/aromatic N) is 1. The van der Waals surface area contributed by atoms with Crippen molar-refractivity contribution in [3.05, 3.63) is 87.9 Å². The van der Waals surface area contributed by atoms with Crippen molar-refractivity contribution in [3.63, 3.8) is 0 Å². The van der Waals surface area contributed by atoms with E-state index in [0.717, 1.165) is 22.5 Å². The molecule has 1 aromatic heterocycles. The van der Waals surface area contributed by atoms with Gasteiger partial charge in [-0.15, -0.1) is 11.3 Å². The third-order valence-corrected chi connectivity index (χ3v) is 7.10. The Kier molecular flexibility index (Phi) is 11.6. The van der Waals surface area contributed by atoms with Crippen LogP contribution in [0.25, 0.3) is 0 Å². The zero-order valence-electron chi connectivity index (χ0n) is 23.7. The van der Waals surface area contributed by atoms with Crippen LogP contribution in [0.3, 0.4) is 0 Å². The number of thiazole rings is 1. The minimum absolute atomic E-state index is 0.261. The summed E-state index contributed by atoms with van der Waals surface area (Å²) in [6.07, 6.45) is 1.79. The number of hydrogen-bond acceptors (Lipinski definition) is 9. The van der Waals surface area contributed by atoms with E-state index in [1.54, 1.807) is 20.8 Å². The van der Waals surface area contributed by atoms with Crippen molar-refractivity contribution in [1.29, 1.82) is 0 Å². The van der Waals surface area contributed by atoms with Gasteiger partial charge in [0.1, 0.15) is 23.2 Å².